The molecule has 0 nitrogen and oxygen atoms in total. The van der Waals surface area contributed by atoms with Crippen LogP contribution >= 0.6 is 22.6 Å². The van der Waals surface area contributed by atoms with Crippen LogP contribution in [0.1, 0.15) is 47.5 Å². The highest BCUT2D eigenvalue weighted by Crippen LogP contribution is 2.33. The largest absolute Gasteiger partial charge is 0.0792 e. The second-order valence-electron chi connectivity index (χ2n) is 4.61. The maximum Gasteiger partial charge on any atom is 0.0199 e. The van der Waals surface area contributed by atoms with Gasteiger partial charge in [-0.3, -0.25) is 0 Å². The number of halogens is 1. The lowest BCUT2D eigenvalue weighted by Crippen LogP contribution is -2.20. The molecule has 68 valence electrons. The summed E-state index contributed by atoms with van der Waals surface area (Å²) in [7, 11) is 0. The zero-order valence-corrected chi connectivity index (χ0v) is 10.6. The fourth-order valence-electron chi connectivity index (χ4n) is 1.79. The summed E-state index contributed by atoms with van der Waals surface area (Å²) >= 11 is 2.61. The lowest BCUT2D eigenvalue weighted by molar-refractivity contribution is 0.420. The molecule has 0 saturated carbocycles. The molecule has 0 atom stereocenters. The van der Waals surface area contributed by atoms with Gasteiger partial charge in [0, 0.05) is 3.42 Å². The molecular formula is C10H21I. The third kappa shape index (κ3) is 7.10. The van der Waals surface area contributed by atoms with Crippen molar-refractivity contribution in [2.24, 2.45) is 11.8 Å². The second kappa shape index (κ2) is 4.68. The fourth-order valence-corrected chi connectivity index (χ4v) is 3.55. The van der Waals surface area contributed by atoms with E-state index in [1.165, 1.54) is 12.8 Å². The van der Waals surface area contributed by atoms with Crippen LogP contribution in [0.4, 0.5) is 0 Å². The Morgan fingerprint density at radius 1 is 1.00 bits per heavy atom. The number of rotatable bonds is 4. The van der Waals surface area contributed by atoms with Gasteiger partial charge < -0.3 is 0 Å². The molecule has 0 rings (SSSR count). The zero-order valence-electron chi connectivity index (χ0n) is 8.45. The van der Waals surface area contributed by atoms with Crippen LogP contribution in [0.25, 0.3) is 0 Å². The van der Waals surface area contributed by atoms with E-state index in [2.05, 4.69) is 57.2 Å². The molecule has 0 saturated heterocycles. The van der Waals surface area contributed by atoms with Crippen LogP contribution in [-0.4, -0.2) is 3.42 Å². The van der Waals surface area contributed by atoms with Crippen LogP contribution in [0, 0.1) is 11.8 Å². The van der Waals surface area contributed by atoms with Gasteiger partial charge >= 0.3 is 0 Å². The average Bonchev–Trinajstić information content (AvgIpc) is 1.53. The summed E-state index contributed by atoms with van der Waals surface area (Å²) in [5.74, 6) is 1.66. The average molecular weight is 268 g/mol. The monoisotopic (exact) mass is 268 g/mol. The third-order valence-corrected chi connectivity index (χ3v) is 2.55. The van der Waals surface area contributed by atoms with Crippen LogP contribution < -0.4 is 0 Å². The van der Waals surface area contributed by atoms with Crippen molar-refractivity contribution in [1.29, 1.82) is 0 Å². The van der Waals surface area contributed by atoms with Gasteiger partial charge in [-0.1, -0.05) is 57.2 Å². The lowest BCUT2D eigenvalue weighted by Gasteiger charge is -2.26. The number of hydrogen-bond acceptors (Lipinski definition) is 0. The smallest absolute Gasteiger partial charge is 0.0199 e. The molecule has 0 bridgehead atoms. The Labute approximate surface area is 85.3 Å². The van der Waals surface area contributed by atoms with Crippen molar-refractivity contribution in [3.8, 4) is 0 Å². The van der Waals surface area contributed by atoms with Crippen molar-refractivity contribution < 1.29 is 0 Å². The van der Waals surface area contributed by atoms with Gasteiger partial charge in [-0.05, 0) is 24.7 Å². The van der Waals surface area contributed by atoms with E-state index < -0.39 is 0 Å². The third-order valence-electron chi connectivity index (χ3n) is 1.67. The molecule has 0 aromatic carbocycles. The van der Waals surface area contributed by atoms with Gasteiger partial charge in [-0.2, -0.15) is 0 Å². The van der Waals surface area contributed by atoms with Crippen LogP contribution in [0.15, 0.2) is 0 Å². The standard InChI is InChI=1S/C10H21I/c1-8(2)6-10(5,11)7-9(3)4/h8-9H,6-7H2,1-5H3. The molecule has 0 aromatic heterocycles. The number of hydrogen-bond donors (Lipinski definition) is 0. The Kier molecular flexibility index (Phi) is 4.99. The Balaban J connectivity index is 3.79. The predicted octanol–water partition coefficient (Wildman–Crippen LogP) is 4.27. The summed E-state index contributed by atoms with van der Waals surface area (Å²) < 4.78 is 0.514. The van der Waals surface area contributed by atoms with Crippen molar-refractivity contribution in [3.63, 3.8) is 0 Å². The summed E-state index contributed by atoms with van der Waals surface area (Å²) in [5.41, 5.74) is 0. The molecule has 0 fully saturated rings. The lowest BCUT2D eigenvalue weighted by atomic mass is 9.91. The maximum absolute atomic E-state index is 2.61. The Morgan fingerprint density at radius 3 is 1.45 bits per heavy atom. The van der Waals surface area contributed by atoms with E-state index in [0.717, 1.165) is 11.8 Å². The molecule has 1 heteroatoms. The van der Waals surface area contributed by atoms with Crippen molar-refractivity contribution in [2.45, 2.75) is 50.9 Å². The van der Waals surface area contributed by atoms with E-state index in [4.69, 9.17) is 0 Å². The maximum atomic E-state index is 2.61. The highest BCUT2D eigenvalue weighted by molar-refractivity contribution is 14.1. The fraction of sp³-hybridized carbons (Fsp3) is 1.00. The molecule has 0 radical (unpaired) electrons. The second-order valence-corrected chi connectivity index (χ2v) is 7.21. The molecule has 0 N–H and O–H groups in total. The molecule has 0 aromatic rings. The first kappa shape index (κ1) is 11.7. The van der Waals surface area contributed by atoms with Crippen LogP contribution in [-0.2, 0) is 0 Å². The molecule has 0 aliphatic heterocycles. The Bertz CT molecular complexity index is 91.4. The van der Waals surface area contributed by atoms with E-state index in [-0.39, 0.29) is 0 Å². The van der Waals surface area contributed by atoms with E-state index in [1.807, 2.05) is 0 Å². The summed E-state index contributed by atoms with van der Waals surface area (Å²) in [6, 6.07) is 0. The van der Waals surface area contributed by atoms with Crippen molar-refractivity contribution in [3.05, 3.63) is 0 Å². The molecule has 0 amide bonds. The SMILES string of the molecule is CC(C)CC(C)(I)CC(C)C. The molecular weight excluding hydrogens is 247 g/mol. The first-order valence-corrected chi connectivity index (χ1v) is 5.60. The zero-order chi connectivity index (χ0) is 9.07. The molecule has 0 aliphatic carbocycles. The van der Waals surface area contributed by atoms with Gasteiger partial charge in [0.15, 0.2) is 0 Å². The highest BCUT2D eigenvalue weighted by Gasteiger charge is 2.22. The van der Waals surface area contributed by atoms with Gasteiger partial charge in [0.05, 0.1) is 0 Å². The quantitative estimate of drug-likeness (QED) is 0.527. The van der Waals surface area contributed by atoms with E-state index in [9.17, 15) is 0 Å². The van der Waals surface area contributed by atoms with E-state index in [0.29, 0.717) is 3.42 Å². The van der Waals surface area contributed by atoms with Crippen molar-refractivity contribution in [2.75, 3.05) is 0 Å². The summed E-state index contributed by atoms with van der Waals surface area (Å²) in [6.07, 6.45) is 2.68. The van der Waals surface area contributed by atoms with Gasteiger partial charge in [0.25, 0.3) is 0 Å². The molecule has 0 aliphatic rings. The van der Waals surface area contributed by atoms with Gasteiger partial charge in [0.2, 0.25) is 0 Å². The molecule has 11 heavy (non-hydrogen) atoms. The molecule has 0 unspecified atom stereocenters. The molecule has 0 heterocycles. The normalized spacial score (nSPS) is 13.1. The first-order chi connectivity index (χ1) is 4.83. The topological polar surface area (TPSA) is 0 Å². The van der Waals surface area contributed by atoms with Crippen molar-refractivity contribution in [1.82, 2.24) is 0 Å². The Morgan fingerprint density at radius 2 is 1.27 bits per heavy atom. The van der Waals surface area contributed by atoms with Crippen LogP contribution in [0.3, 0.4) is 0 Å². The minimum atomic E-state index is 0.514. The first-order valence-electron chi connectivity index (χ1n) is 4.52. The van der Waals surface area contributed by atoms with Crippen LogP contribution in [0.5, 0.6) is 0 Å². The predicted molar refractivity (Wildman–Crippen MR) is 61.3 cm³/mol. The summed E-state index contributed by atoms with van der Waals surface area (Å²) in [4.78, 5) is 0. The summed E-state index contributed by atoms with van der Waals surface area (Å²) in [5, 5.41) is 0. The summed E-state index contributed by atoms with van der Waals surface area (Å²) in [6.45, 7) is 11.6. The minimum absolute atomic E-state index is 0.514. The van der Waals surface area contributed by atoms with E-state index in [1.54, 1.807) is 0 Å². The van der Waals surface area contributed by atoms with Crippen LogP contribution in [0.2, 0.25) is 0 Å². The Hall–Kier alpha value is 0.730. The number of alkyl halides is 1. The minimum Gasteiger partial charge on any atom is -0.0792 e. The van der Waals surface area contributed by atoms with Gasteiger partial charge in [-0.25, -0.2) is 0 Å². The molecule has 0 spiro atoms. The van der Waals surface area contributed by atoms with Gasteiger partial charge in [0.1, 0.15) is 0 Å². The van der Waals surface area contributed by atoms with E-state index >= 15 is 0 Å². The van der Waals surface area contributed by atoms with Crippen molar-refractivity contribution >= 4 is 22.6 Å². The van der Waals surface area contributed by atoms with Gasteiger partial charge in [-0.15, -0.1) is 0 Å². The highest BCUT2D eigenvalue weighted by atomic mass is 127.